The van der Waals surface area contributed by atoms with Crippen LogP contribution in [0.2, 0.25) is 0 Å². The molecule has 1 N–H and O–H groups in total. The maximum atomic E-state index is 13.9. The molecule has 1 aromatic rings. The molecule has 0 amide bonds. The molecule has 0 unspecified atom stereocenters. The fourth-order valence-corrected chi connectivity index (χ4v) is 2.50. The lowest BCUT2D eigenvalue weighted by Crippen LogP contribution is -2.34. The van der Waals surface area contributed by atoms with E-state index in [2.05, 4.69) is 4.74 Å². The van der Waals surface area contributed by atoms with Gasteiger partial charge in [-0.25, -0.2) is 14.0 Å². The highest BCUT2D eigenvalue weighted by Crippen LogP contribution is 2.35. The first-order valence-corrected chi connectivity index (χ1v) is 7.40. The number of benzene rings is 1. The summed E-state index contributed by atoms with van der Waals surface area (Å²) in [6.07, 6.45) is 3.38. The highest BCUT2D eigenvalue weighted by molar-refractivity contribution is 5.90. The van der Waals surface area contributed by atoms with Crippen LogP contribution in [0.1, 0.15) is 43.0 Å². The van der Waals surface area contributed by atoms with Gasteiger partial charge in [-0.15, -0.1) is 0 Å². The molecule has 0 radical (unpaired) electrons. The third-order valence-corrected chi connectivity index (χ3v) is 3.88. The monoisotopic (exact) mass is 346 g/mol. The van der Waals surface area contributed by atoms with Gasteiger partial charge in [0.2, 0.25) is 0 Å². The average Bonchev–Trinajstić information content (AvgIpc) is 2.93. The first kappa shape index (κ1) is 18.1. The molecule has 1 aliphatic carbocycles. The number of ether oxygens (including phenoxy) is 2. The van der Waals surface area contributed by atoms with E-state index in [0.717, 1.165) is 43.9 Å². The van der Waals surface area contributed by atoms with E-state index < -0.39 is 35.9 Å². The summed E-state index contributed by atoms with van der Waals surface area (Å²) in [6.45, 7) is 0.226. The van der Waals surface area contributed by atoms with Gasteiger partial charge in [0.15, 0.2) is 18.2 Å². The Labute approximate surface area is 136 Å². The van der Waals surface area contributed by atoms with Gasteiger partial charge >= 0.3 is 17.9 Å². The Kier molecular flexibility index (Phi) is 5.05. The summed E-state index contributed by atoms with van der Waals surface area (Å²) >= 11 is 0. The van der Waals surface area contributed by atoms with Crippen LogP contribution >= 0.6 is 0 Å². The second-order valence-electron chi connectivity index (χ2n) is 5.99. The lowest BCUT2D eigenvalue weighted by Gasteiger charge is -2.26. The number of esters is 1. The third kappa shape index (κ3) is 4.18. The summed E-state index contributed by atoms with van der Waals surface area (Å²) in [4.78, 5) is 22.1. The summed E-state index contributed by atoms with van der Waals surface area (Å²) < 4.78 is 49.7. The third-order valence-electron chi connectivity index (χ3n) is 3.88. The first-order chi connectivity index (χ1) is 11.1. The van der Waals surface area contributed by atoms with Crippen molar-refractivity contribution in [1.82, 2.24) is 0 Å². The predicted octanol–water partition coefficient (Wildman–Crippen LogP) is 3.41. The van der Waals surface area contributed by atoms with Crippen molar-refractivity contribution in [3.8, 4) is 5.75 Å². The number of halogens is 3. The molecule has 5 nitrogen and oxygen atoms in total. The molecule has 0 bridgehead atoms. The van der Waals surface area contributed by atoms with Crippen molar-refractivity contribution in [3.05, 3.63) is 29.6 Å². The molecule has 2 rings (SSSR count). The Bertz CT molecular complexity index is 639. The van der Waals surface area contributed by atoms with Crippen LogP contribution in [0.15, 0.2) is 18.2 Å². The van der Waals surface area contributed by atoms with Gasteiger partial charge in [0.1, 0.15) is 5.60 Å². The minimum absolute atomic E-state index is 0.168. The predicted molar refractivity (Wildman–Crippen MR) is 76.8 cm³/mol. The molecular weight excluding hydrogens is 329 g/mol. The minimum atomic E-state index is -4.19. The molecule has 1 fully saturated rings. The van der Waals surface area contributed by atoms with E-state index in [9.17, 15) is 22.8 Å². The number of hydrogen-bond donors (Lipinski definition) is 1. The maximum absolute atomic E-state index is 13.9. The van der Waals surface area contributed by atoms with E-state index in [1.807, 2.05) is 6.92 Å². The zero-order valence-corrected chi connectivity index (χ0v) is 13.0. The summed E-state index contributed by atoms with van der Waals surface area (Å²) in [5, 5.41) is 8.28. The van der Waals surface area contributed by atoms with E-state index >= 15 is 0 Å². The number of rotatable bonds is 6. The maximum Gasteiger partial charge on any atom is 0.378 e. The lowest BCUT2D eigenvalue weighted by atomic mass is 10.1. The van der Waals surface area contributed by atoms with Crippen molar-refractivity contribution >= 4 is 11.9 Å². The molecule has 24 heavy (non-hydrogen) atoms. The fourth-order valence-electron chi connectivity index (χ4n) is 2.50. The molecule has 1 aliphatic rings. The van der Waals surface area contributed by atoms with Crippen molar-refractivity contribution < 1.29 is 37.3 Å². The zero-order chi connectivity index (χ0) is 18.0. The minimum Gasteiger partial charge on any atom is -0.484 e. The SMILES string of the molecule is CC1(Oc2cc(C(=O)OCC(F)(F)C(=O)O)ccc2F)CCCC1. The van der Waals surface area contributed by atoms with Gasteiger partial charge in [-0.05, 0) is 50.8 Å². The van der Waals surface area contributed by atoms with E-state index in [4.69, 9.17) is 9.84 Å². The molecule has 0 atom stereocenters. The zero-order valence-electron chi connectivity index (χ0n) is 13.0. The van der Waals surface area contributed by atoms with Crippen LogP contribution < -0.4 is 4.74 Å². The number of aliphatic carboxylic acids is 1. The molecule has 8 heteroatoms. The lowest BCUT2D eigenvalue weighted by molar-refractivity contribution is -0.170. The fraction of sp³-hybridized carbons (Fsp3) is 0.500. The highest BCUT2D eigenvalue weighted by atomic mass is 19.3. The summed E-state index contributed by atoms with van der Waals surface area (Å²) in [5.74, 6) is -8.62. The highest BCUT2D eigenvalue weighted by Gasteiger charge is 2.40. The standard InChI is InChI=1S/C16H17F3O5/c1-15(6-2-3-7-15)24-12-8-10(4-5-11(12)17)13(20)23-9-16(18,19)14(21)22/h4-5,8H,2-3,6-7,9H2,1H3,(H,21,22). The van der Waals surface area contributed by atoms with Gasteiger partial charge in [-0.3, -0.25) is 0 Å². The summed E-state index contributed by atoms with van der Waals surface area (Å²) in [5.41, 5.74) is -0.742. The van der Waals surface area contributed by atoms with Gasteiger partial charge in [0.05, 0.1) is 5.56 Å². The van der Waals surface area contributed by atoms with Crippen LogP contribution in [-0.2, 0) is 9.53 Å². The van der Waals surface area contributed by atoms with Gasteiger partial charge in [0, 0.05) is 0 Å². The van der Waals surface area contributed by atoms with Crippen molar-refractivity contribution in [3.63, 3.8) is 0 Å². The second kappa shape index (κ2) is 6.70. The van der Waals surface area contributed by atoms with Gasteiger partial charge < -0.3 is 14.6 Å². The van der Waals surface area contributed by atoms with Crippen LogP contribution in [0.4, 0.5) is 13.2 Å². The van der Waals surface area contributed by atoms with Crippen LogP contribution in [0.5, 0.6) is 5.75 Å². The molecule has 1 aromatic carbocycles. The van der Waals surface area contributed by atoms with Crippen molar-refractivity contribution in [2.45, 2.75) is 44.1 Å². The van der Waals surface area contributed by atoms with E-state index in [-0.39, 0.29) is 11.3 Å². The number of carbonyl (C=O) groups is 2. The van der Waals surface area contributed by atoms with Crippen LogP contribution in [0.25, 0.3) is 0 Å². The van der Waals surface area contributed by atoms with Gasteiger partial charge in [-0.2, -0.15) is 8.78 Å². The molecule has 0 aliphatic heterocycles. The average molecular weight is 346 g/mol. The van der Waals surface area contributed by atoms with Crippen LogP contribution in [0.3, 0.4) is 0 Å². The molecular formula is C16H17F3O5. The molecule has 0 saturated heterocycles. The molecule has 0 aromatic heterocycles. The first-order valence-electron chi connectivity index (χ1n) is 7.40. The van der Waals surface area contributed by atoms with Crippen LogP contribution in [0, 0.1) is 5.82 Å². The Morgan fingerprint density at radius 2 is 1.92 bits per heavy atom. The molecule has 0 spiro atoms. The van der Waals surface area contributed by atoms with E-state index in [1.165, 1.54) is 0 Å². The Hall–Kier alpha value is -2.25. The van der Waals surface area contributed by atoms with Crippen molar-refractivity contribution in [2.75, 3.05) is 6.61 Å². The second-order valence-corrected chi connectivity index (χ2v) is 5.99. The van der Waals surface area contributed by atoms with Crippen molar-refractivity contribution in [1.29, 1.82) is 0 Å². The number of carboxylic acids is 1. The topological polar surface area (TPSA) is 72.8 Å². The summed E-state index contributed by atoms with van der Waals surface area (Å²) in [7, 11) is 0. The molecule has 0 heterocycles. The normalized spacial score (nSPS) is 16.7. The van der Waals surface area contributed by atoms with Gasteiger partial charge in [-0.1, -0.05) is 0 Å². The Morgan fingerprint density at radius 1 is 1.29 bits per heavy atom. The molecule has 1 saturated carbocycles. The Balaban J connectivity index is 2.09. The largest absolute Gasteiger partial charge is 0.484 e. The number of alkyl halides is 2. The number of hydrogen-bond acceptors (Lipinski definition) is 4. The number of carboxylic acid groups (broad SMARTS) is 1. The number of carbonyl (C=O) groups excluding carboxylic acids is 1. The van der Waals surface area contributed by atoms with Crippen molar-refractivity contribution in [2.24, 2.45) is 0 Å². The van der Waals surface area contributed by atoms with Gasteiger partial charge in [0.25, 0.3) is 0 Å². The van der Waals surface area contributed by atoms with E-state index in [0.29, 0.717) is 0 Å². The van der Waals surface area contributed by atoms with E-state index in [1.54, 1.807) is 0 Å². The molecule has 132 valence electrons. The quantitative estimate of drug-likeness (QED) is 0.799. The smallest absolute Gasteiger partial charge is 0.378 e. The van der Waals surface area contributed by atoms with Crippen LogP contribution in [-0.4, -0.2) is 35.2 Å². The Morgan fingerprint density at radius 3 is 2.50 bits per heavy atom. The summed E-state index contributed by atoms with van der Waals surface area (Å²) in [6, 6.07) is 3.10.